The molecule has 0 heterocycles. The van der Waals surface area contributed by atoms with Crippen molar-refractivity contribution in [2.45, 2.75) is 26.9 Å². The van der Waals surface area contributed by atoms with E-state index in [0.29, 0.717) is 10.8 Å². The summed E-state index contributed by atoms with van der Waals surface area (Å²) in [6.07, 6.45) is -0.628. The zero-order chi connectivity index (χ0) is 23.4. The van der Waals surface area contributed by atoms with Gasteiger partial charge in [0.1, 0.15) is 17.6 Å². The van der Waals surface area contributed by atoms with E-state index in [-0.39, 0.29) is 11.6 Å². The van der Waals surface area contributed by atoms with Crippen molar-refractivity contribution in [2.24, 2.45) is 16.7 Å². The van der Waals surface area contributed by atoms with Gasteiger partial charge in [-0.15, -0.1) is 0 Å². The van der Waals surface area contributed by atoms with Crippen LogP contribution in [-0.4, -0.2) is 17.7 Å². The molecule has 1 saturated carbocycles. The van der Waals surface area contributed by atoms with Crippen LogP contribution >= 0.6 is 11.6 Å². The number of benzene rings is 3. The first-order valence-electron chi connectivity index (χ1n) is 11.1. The van der Waals surface area contributed by atoms with Gasteiger partial charge in [-0.25, -0.2) is 0 Å². The number of hydrogen-bond acceptors (Lipinski definition) is 3. The number of fused-ring (bicyclic) bond motifs is 2. The third-order valence-electron chi connectivity index (χ3n) is 7.37. The SMILES string of the molecule is CC(=O)C1C(Oc2ccc(Cl)cc2)C2(C)C(=O)C1(C)C(c1ccccc1)=C2c1ccccc1. The number of allylic oxidation sites excluding steroid dienone is 1. The van der Waals surface area contributed by atoms with Gasteiger partial charge in [-0.2, -0.15) is 0 Å². The van der Waals surface area contributed by atoms with Crippen LogP contribution < -0.4 is 4.74 Å². The largest absolute Gasteiger partial charge is 0.488 e. The molecule has 0 aliphatic heterocycles. The first kappa shape index (κ1) is 21.7. The van der Waals surface area contributed by atoms with Gasteiger partial charge in [-0.05, 0) is 67.3 Å². The summed E-state index contributed by atoms with van der Waals surface area (Å²) in [5.41, 5.74) is 1.83. The zero-order valence-electron chi connectivity index (χ0n) is 18.8. The lowest BCUT2D eigenvalue weighted by molar-refractivity contribution is -0.130. The summed E-state index contributed by atoms with van der Waals surface area (Å²) in [5, 5.41) is 0.601. The van der Waals surface area contributed by atoms with Gasteiger partial charge in [-0.1, -0.05) is 72.3 Å². The van der Waals surface area contributed by atoms with Crippen molar-refractivity contribution < 1.29 is 14.3 Å². The molecule has 2 aliphatic carbocycles. The molecule has 3 aromatic carbocycles. The van der Waals surface area contributed by atoms with Crippen molar-refractivity contribution in [3.63, 3.8) is 0 Å². The van der Waals surface area contributed by atoms with E-state index in [1.807, 2.05) is 74.5 Å². The Morgan fingerprint density at radius 1 is 0.788 bits per heavy atom. The van der Waals surface area contributed by atoms with Gasteiger partial charge in [0.2, 0.25) is 0 Å². The highest BCUT2D eigenvalue weighted by atomic mass is 35.5. The zero-order valence-corrected chi connectivity index (χ0v) is 19.6. The highest BCUT2D eigenvalue weighted by molar-refractivity contribution is 6.30. The van der Waals surface area contributed by atoms with E-state index in [1.165, 1.54) is 0 Å². The third kappa shape index (κ3) is 3.02. The number of ketones is 2. The second-order valence-electron chi connectivity index (χ2n) is 9.30. The van der Waals surface area contributed by atoms with E-state index in [1.54, 1.807) is 31.2 Å². The molecule has 2 aliphatic rings. The number of ether oxygens (including phenoxy) is 1. The molecular weight excluding hydrogens is 432 g/mol. The summed E-state index contributed by atoms with van der Waals surface area (Å²) in [7, 11) is 0. The Kier molecular flexibility index (Phi) is 5.06. The van der Waals surface area contributed by atoms with Gasteiger partial charge in [0.15, 0.2) is 5.78 Å². The lowest BCUT2D eigenvalue weighted by atomic mass is 9.65. The summed E-state index contributed by atoms with van der Waals surface area (Å²) in [5.74, 6) is -0.0243. The highest BCUT2D eigenvalue weighted by Crippen LogP contribution is 2.69. The number of Topliss-reactive ketones (excluding diaryl/α,β-unsaturated/α-hetero) is 2. The van der Waals surface area contributed by atoms with Gasteiger partial charge >= 0.3 is 0 Å². The fourth-order valence-corrected chi connectivity index (χ4v) is 6.18. The van der Waals surface area contributed by atoms with Crippen LogP contribution in [0.25, 0.3) is 11.1 Å². The van der Waals surface area contributed by atoms with Gasteiger partial charge in [0, 0.05) is 5.02 Å². The van der Waals surface area contributed by atoms with Gasteiger partial charge in [0.25, 0.3) is 0 Å². The van der Waals surface area contributed by atoms with E-state index in [9.17, 15) is 9.59 Å². The molecule has 5 rings (SSSR count). The number of rotatable bonds is 5. The van der Waals surface area contributed by atoms with Crippen molar-refractivity contribution >= 4 is 34.3 Å². The normalized spacial score (nSPS) is 28.3. The van der Waals surface area contributed by atoms with E-state index in [0.717, 1.165) is 22.3 Å². The average molecular weight is 457 g/mol. The van der Waals surface area contributed by atoms with E-state index >= 15 is 0 Å². The summed E-state index contributed by atoms with van der Waals surface area (Å²) < 4.78 is 6.48. The van der Waals surface area contributed by atoms with Crippen molar-refractivity contribution in [3.05, 3.63) is 101 Å². The van der Waals surface area contributed by atoms with E-state index < -0.39 is 22.9 Å². The van der Waals surface area contributed by atoms with Crippen molar-refractivity contribution in [2.75, 3.05) is 0 Å². The summed E-state index contributed by atoms with van der Waals surface area (Å²) in [4.78, 5) is 27.4. The van der Waals surface area contributed by atoms with Crippen LogP contribution in [0.15, 0.2) is 84.9 Å². The van der Waals surface area contributed by atoms with Crippen LogP contribution in [0.2, 0.25) is 5.02 Å². The molecular formula is C29H25ClO3. The molecule has 0 radical (unpaired) electrons. The fraction of sp³-hybridized carbons (Fsp3) is 0.241. The number of carbonyl (C=O) groups is 2. The number of halogens is 1. The molecule has 1 fully saturated rings. The predicted octanol–water partition coefficient (Wildman–Crippen LogP) is 6.51. The monoisotopic (exact) mass is 456 g/mol. The first-order chi connectivity index (χ1) is 15.8. The Morgan fingerprint density at radius 3 is 1.76 bits per heavy atom. The number of hydrogen-bond donors (Lipinski definition) is 0. The van der Waals surface area contributed by atoms with Crippen LogP contribution in [0, 0.1) is 16.7 Å². The minimum atomic E-state index is -0.996. The van der Waals surface area contributed by atoms with Crippen LogP contribution in [0.3, 0.4) is 0 Å². The number of carbonyl (C=O) groups excluding carboxylic acids is 2. The summed E-state index contributed by atoms with van der Waals surface area (Å²) in [6, 6.07) is 27.0. The maximum Gasteiger partial charge on any atom is 0.158 e. The molecule has 2 bridgehead atoms. The Morgan fingerprint density at radius 2 is 1.27 bits per heavy atom. The lowest BCUT2D eigenvalue weighted by Crippen LogP contribution is -2.45. The Balaban J connectivity index is 1.79. The van der Waals surface area contributed by atoms with Crippen LogP contribution in [-0.2, 0) is 9.59 Å². The molecule has 0 N–H and O–H groups in total. The van der Waals surface area contributed by atoms with Gasteiger partial charge < -0.3 is 4.74 Å². The first-order valence-corrected chi connectivity index (χ1v) is 11.5. The molecule has 3 aromatic rings. The summed E-state index contributed by atoms with van der Waals surface area (Å²) >= 11 is 6.06. The van der Waals surface area contributed by atoms with Crippen molar-refractivity contribution in [1.82, 2.24) is 0 Å². The Bertz CT molecular complexity index is 1260. The molecule has 0 amide bonds. The average Bonchev–Trinajstić information content (AvgIpc) is 3.10. The second-order valence-corrected chi connectivity index (χ2v) is 9.73. The van der Waals surface area contributed by atoms with Crippen molar-refractivity contribution in [1.29, 1.82) is 0 Å². The molecule has 4 unspecified atom stereocenters. The van der Waals surface area contributed by atoms with Crippen molar-refractivity contribution in [3.8, 4) is 5.75 Å². The topological polar surface area (TPSA) is 43.4 Å². The molecule has 4 atom stereocenters. The summed E-state index contributed by atoms with van der Waals surface area (Å²) in [6.45, 7) is 5.43. The standard InChI is InChI=1S/C29H25ClO3/c1-18(31)23-26(33-22-16-14-21(30)15-17-22)29(3)25(20-12-8-5-9-13-20)24(28(23,2)27(29)32)19-10-6-4-7-11-19/h4-17,23,26H,1-3H3. The van der Waals surface area contributed by atoms with Crippen LogP contribution in [0.1, 0.15) is 31.9 Å². The minimum Gasteiger partial charge on any atom is -0.488 e. The molecule has 0 spiro atoms. The molecule has 166 valence electrons. The maximum atomic E-state index is 14.3. The quantitative estimate of drug-likeness (QED) is 0.439. The fourth-order valence-electron chi connectivity index (χ4n) is 6.05. The smallest absolute Gasteiger partial charge is 0.158 e. The van der Waals surface area contributed by atoms with Crippen LogP contribution in [0.5, 0.6) is 5.75 Å². The Hall–Kier alpha value is -3.17. The predicted molar refractivity (Wildman–Crippen MR) is 131 cm³/mol. The third-order valence-corrected chi connectivity index (χ3v) is 7.62. The molecule has 3 nitrogen and oxygen atoms in total. The van der Waals surface area contributed by atoms with Gasteiger partial charge in [0.05, 0.1) is 16.7 Å². The molecule has 33 heavy (non-hydrogen) atoms. The van der Waals surface area contributed by atoms with Gasteiger partial charge in [-0.3, -0.25) is 9.59 Å². The van der Waals surface area contributed by atoms with E-state index in [2.05, 4.69) is 0 Å². The van der Waals surface area contributed by atoms with E-state index in [4.69, 9.17) is 16.3 Å². The molecule has 0 saturated heterocycles. The minimum absolute atomic E-state index is 0.0341. The second kappa shape index (κ2) is 7.71. The molecule has 0 aromatic heterocycles. The maximum absolute atomic E-state index is 14.3. The van der Waals surface area contributed by atoms with Crippen LogP contribution in [0.4, 0.5) is 0 Å². The lowest BCUT2D eigenvalue weighted by Gasteiger charge is -2.40. The Labute approximate surface area is 199 Å². The molecule has 4 heteroatoms. The highest BCUT2D eigenvalue weighted by Gasteiger charge is 2.74.